The van der Waals surface area contributed by atoms with E-state index in [0.29, 0.717) is 37.4 Å². The molecule has 0 spiro atoms. The van der Waals surface area contributed by atoms with E-state index in [9.17, 15) is 9.59 Å². The molecule has 0 heterocycles. The number of carbonyl (C=O) groups is 2. The largest absolute Gasteiger partial charge is 0.382 e. The maximum Gasteiger partial charge on any atom is 0.251 e. The smallest absolute Gasteiger partial charge is 0.251 e. The van der Waals surface area contributed by atoms with Crippen LogP contribution in [0, 0.1) is 0 Å². The SMILES string of the molecule is CCOCCCNC(=O)c1ccc(NC(=O)Cc2ccccc2)cc1. The topological polar surface area (TPSA) is 67.4 Å². The third kappa shape index (κ3) is 6.77. The van der Waals surface area contributed by atoms with E-state index < -0.39 is 0 Å². The van der Waals surface area contributed by atoms with E-state index >= 15 is 0 Å². The van der Waals surface area contributed by atoms with Gasteiger partial charge >= 0.3 is 0 Å². The number of hydrogen-bond acceptors (Lipinski definition) is 3. The van der Waals surface area contributed by atoms with Crippen molar-refractivity contribution in [3.8, 4) is 0 Å². The molecule has 0 saturated carbocycles. The molecular formula is C20H24N2O3. The lowest BCUT2D eigenvalue weighted by molar-refractivity contribution is -0.115. The van der Waals surface area contributed by atoms with Gasteiger partial charge in [0.2, 0.25) is 5.91 Å². The van der Waals surface area contributed by atoms with Crippen LogP contribution in [0.5, 0.6) is 0 Å². The van der Waals surface area contributed by atoms with Crippen molar-refractivity contribution in [1.82, 2.24) is 5.32 Å². The number of nitrogens with one attached hydrogen (secondary N) is 2. The molecule has 0 fully saturated rings. The first-order valence-electron chi connectivity index (χ1n) is 8.49. The minimum atomic E-state index is -0.126. The van der Waals surface area contributed by atoms with Crippen molar-refractivity contribution in [3.63, 3.8) is 0 Å². The molecule has 0 unspecified atom stereocenters. The van der Waals surface area contributed by atoms with Crippen molar-refractivity contribution in [3.05, 3.63) is 65.7 Å². The van der Waals surface area contributed by atoms with Gasteiger partial charge < -0.3 is 15.4 Å². The van der Waals surface area contributed by atoms with E-state index in [1.165, 1.54) is 0 Å². The summed E-state index contributed by atoms with van der Waals surface area (Å²) in [6.45, 7) is 3.85. The molecule has 0 atom stereocenters. The van der Waals surface area contributed by atoms with Crippen molar-refractivity contribution in [1.29, 1.82) is 0 Å². The number of benzene rings is 2. The van der Waals surface area contributed by atoms with E-state index in [1.54, 1.807) is 24.3 Å². The molecular weight excluding hydrogens is 316 g/mol. The zero-order chi connectivity index (χ0) is 17.9. The van der Waals surface area contributed by atoms with E-state index in [1.807, 2.05) is 37.3 Å². The number of rotatable bonds is 9. The molecule has 2 N–H and O–H groups in total. The fraction of sp³-hybridized carbons (Fsp3) is 0.300. The van der Waals surface area contributed by atoms with Gasteiger partial charge in [-0.05, 0) is 43.2 Å². The highest BCUT2D eigenvalue weighted by atomic mass is 16.5. The van der Waals surface area contributed by atoms with E-state index in [0.717, 1.165) is 12.0 Å². The molecule has 0 radical (unpaired) electrons. The first-order valence-corrected chi connectivity index (χ1v) is 8.49. The van der Waals surface area contributed by atoms with Gasteiger partial charge in [-0.3, -0.25) is 9.59 Å². The van der Waals surface area contributed by atoms with Crippen LogP contribution in [-0.4, -0.2) is 31.6 Å². The van der Waals surface area contributed by atoms with Crippen LogP contribution in [0.2, 0.25) is 0 Å². The highest BCUT2D eigenvalue weighted by Gasteiger charge is 2.07. The van der Waals surface area contributed by atoms with Crippen LogP contribution in [0.15, 0.2) is 54.6 Å². The van der Waals surface area contributed by atoms with Gasteiger partial charge in [0, 0.05) is 31.0 Å². The van der Waals surface area contributed by atoms with Crippen molar-refractivity contribution in [2.75, 3.05) is 25.1 Å². The molecule has 5 nitrogen and oxygen atoms in total. The maximum atomic E-state index is 12.0. The van der Waals surface area contributed by atoms with Crippen molar-refractivity contribution in [2.45, 2.75) is 19.8 Å². The van der Waals surface area contributed by atoms with Gasteiger partial charge in [-0.2, -0.15) is 0 Å². The Morgan fingerprint density at radius 3 is 2.40 bits per heavy atom. The van der Waals surface area contributed by atoms with E-state index in [-0.39, 0.29) is 11.8 Å². The first kappa shape index (κ1) is 18.7. The first-order chi connectivity index (χ1) is 12.2. The predicted octanol–water partition coefficient (Wildman–Crippen LogP) is 3.02. The lowest BCUT2D eigenvalue weighted by Crippen LogP contribution is -2.25. The Morgan fingerprint density at radius 2 is 1.72 bits per heavy atom. The molecule has 2 aromatic rings. The standard InChI is InChI=1S/C20H24N2O3/c1-2-25-14-6-13-21-20(24)17-9-11-18(12-10-17)22-19(23)15-16-7-4-3-5-8-16/h3-5,7-12H,2,6,13-15H2,1H3,(H,21,24)(H,22,23). The Kier molecular flexibility index (Phi) is 7.66. The summed E-state index contributed by atoms with van der Waals surface area (Å²) in [4.78, 5) is 24.0. The Balaban J connectivity index is 1.79. The summed E-state index contributed by atoms with van der Waals surface area (Å²) in [7, 11) is 0. The Morgan fingerprint density at radius 1 is 1.00 bits per heavy atom. The van der Waals surface area contributed by atoms with Gasteiger partial charge in [-0.15, -0.1) is 0 Å². The average Bonchev–Trinajstić information content (AvgIpc) is 2.63. The second-order valence-electron chi connectivity index (χ2n) is 5.59. The quantitative estimate of drug-likeness (QED) is 0.690. The third-order valence-corrected chi connectivity index (χ3v) is 3.59. The Labute approximate surface area is 148 Å². The van der Waals surface area contributed by atoms with Crippen molar-refractivity contribution in [2.24, 2.45) is 0 Å². The van der Waals surface area contributed by atoms with Gasteiger partial charge in [-0.25, -0.2) is 0 Å². The Hall–Kier alpha value is -2.66. The summed E-state index contributed by atoms with van der Waals surface area (Å²) in [6.07, 6.45) is 1.11. The van der Waals surface area contributed by atoms with Crippen LogP contribution in [0.4, 0.5) is 5.69 Å². The van der Waals surface area contributed by atoms with Crippen LogP contribution in [0.25, 0.3) is 0 Å². The second-order valence-corrected chi connectivity index (χ2v) is 5.59. The van der Waals surface area contributed by atoms with Crippen molar-refractivity contribution < 1.29 is 14.3 Å². The predicted molar refractivity (Wildman–Crippen MR) is 98.7 cm³/mol. The third-order valence-electron chi connectivity index (χ3n) is 3.59. The fourth-order valence-electron chi connectivity index (χ4n) is 2.31. The number of ether oxygens (including phenoxy) is 1. The lowest BCUT2D eigenvalue weighted by Gasteiger charge is -2.08. The minimum absolute atomic E-state index is 0.0840. The van der Waals surface area contributed by atoms with Crippen molar-refractivity contribution >= 4 is 17.5 Å². The molecule has 2 amide bonds. The summed E-state index contributed by atoms with van der Waals surface area (Å²) in [5.41, 5.74) is 2.20. The van der Waals surface area contributed by atoms with Crippen LogP contribution in [0.1, 0.15) is 29.3 Å². The summed E-state index contributed by atoms with van der Waals surface area (Å²) < 4.78 is 5.22. The van der Waals surface area contributed by atoms with Gasteiger partial charge in [0.1, 0.15) is 0 Å². The average molecular weight is 340 g/mol. The molecule has 0 aliphatic carbocycles. The highest BCUT2D eigenvalue weighted by molar-refractivity contribution is 5.96. The van der Waals surface area contributed by atoms with Gasteiger partial charge in [0.25, 0.3) is 5.91 Å². The zero-order valence-corrected chi connectivity index (χ0v) is 14.5. The monoisotopic (exact) mass is 340 g/mol. The van der Waals surface area contributed by atoms with E-state index in [4.69, 9.17) is 4.74 Å². The Bertz CT molecular complexity index is 669. The van der Waals surface area contributed by atoms with E-state index in [2.05, 4.69) is 10.6 Å². The summed E-state index contributed by atoms with van der Waals surface area (Å²) in [5, 5.41) is 5.68. The molecule has 25 heavy (non-hydrogen) atoms. The number of anilines is 1. The molecule has 0 aliphatic rings. The van der Waals surface area contributed by atoms with Gasteiger partial charge in [-0.1, -0.05) is 30.3 Å². The van der Waals surface area contributed by atoms with Gasteiger partial charge in [0.15, 0.2) is 0 Å². The molecule has 5 heteroatoms. The molecule has 0 saturated heterocycles. The summed E-state index contributed by atoms with van der Waals surface area (Å²) in [5.74, 6) is -0.210. The molecule has 132 valence electrons. The summed E-state index contributed by atoms with van der Waals surface area (Å²) >= 11 is 0. The molecule has 0 bridgehead atoms. The molecule has 0 aromatic heterocycles. The van der Waals surface area contributed by atoms with Gasteiger partial charge in [0.05, 0.1) is 6.42 Å². The van der Waals surface area contributed by atoms with Crippen LogP contribution in [0.3, 0.4) is 0 Å². The van der Waals surface area contributed by atoms with Crippen LogP contribution in [-0.2, 0) is 16.0 Å². The number of carbonyl (C=O) groups excluding carboxylic acids is 2. The summed E-state index contributed by atoms with van der Waals surface area (Å²) in [6, 6.07) is 16.4. The lowest BCUT2D eigenvalue weighted by atomic mass is 10.1. The van der Waals surface area contributed by atoms with Crippen LogP contribution >= 0.6 is 0 Å². The fourth-order valence-corrected chi connectivity index (χ4v) is 2.31. The molecule has 2 aromatic carbocycles. The number of hydrogen-bond donors (Lipinski definition) is 2. The second kappa shape index (κ2) is 10.3. The molecule has 2 rings (SSSR count). The number of amides is 2. The maximum absolute atomic E-state index is 12.0. The zero-order valence-electron chi connectivity index (χ0n) is 14.5. The van der Waals surface area contributed by atoms with Crippen LogP contribution < -0.4 is 10.6 Å². The minimum Gasteiger partial charge on any atom is -0.382 e. The normalized spacial score (nSPS) is 10.3. The molecule has 0 aliphatic heterocycles. The highest BCUT2D eigenvalue weighted by Crippen LogP contribution is 2.10.